The lowest BCUT2D eigenvalue weighted by atomic mass is 10.00. The van der Waals surface area contributed by atoms with Crippen LogP contribution in [0, 0.1) is 6.92 Å². The predicted octanol–water partition coefficient (Wildman–Crippen LogP) is 4.12. The van der Waals surface area contributed by atoms with Crippen LogP contribution in [0.4, 0.5) is 0 Å². The van der Waals surface area contributed by atoms with Gasteiger partial charge in [-0.2, -0.15) is 13.0 Å². The van der Waals surface area contributed by atoms with Crippen LogP contribution in [-0.4, -0.2) is 58.4 Å². The largest absolute Gasteiger partial charge is 0.374 e. The molecule has 0 unspecified atom stereocenters. The number of hydrogen-bond donors (Lipinski definition) is 0. The van der Waals surface area contributed by atoms with Gasteiger partial charge < -0.3 is 9.47 Å². The molecule has 0 saturated heterocycles. The van der Waals surface area contributed by atoms with E-state index in [-0.39, 0.29) is 42.5 Å². The number of ether oxygens (including phenoxy) is 2. The summed E-state index contributed by atoms with van der Waals surface area (Å²) in [6, 6.07) is 25.4. The number of rotatable bonds is 12. The molecule has 1 aromatic heterocycles. The van der Waals surface area contributed by atoms with E-state index in [1.807, 2.05) is 60.7 Å². The molecular formula is C35H36N2O9S2. The van der Waals surface area contributed by atoms with Gasteiger partial charge in [-0.25, -0.2) is 4.79 Å². The zero-order chi connectivity index (χ0) is 34.5. The first-order chi connectivity index (χ1) is 22.9. The van der Waals surface area contributed by atoms with Gasteiger partial charge in [0.05, 0.1) is 43.5 Å². The molecule has 48 heavy (non-hydrogen) atoms. The summed E-state index contributed by atoms with van der Waals surface area (Å²) in [5.41, 5.74) is -1.71. The van der Waals surface area contributed by atoms with Gasteiger partial charge in [0, 0.05) is 24.2 Å². The minimum Gasteiger partial charge on any atom is -0.374 e. The Labute approximate surface area is 282 Å². The summed E-state index contributed by atoms with van der Waals surface area (Å²) < 4.78 is 46.2. The molecule has 1 fully saturated rings. The van der Waals surface area contributed by atoms with E-state index in [4.69, 9.17) is 13.7 Å². The second kappa shape index (κ2) is 15.0. The fourth-order valence-electron chi connectivity index (χ4n) is 5.96. The first-order valence-corrected chi connectivity index (χ1v) is 17.9. The molecule has 0 N–H and O–H groups in total. The minimum atomic E-state index is -4.22. The summed E-state index contributed by atoms with van der Waals surface area (Å²) in [6.45, 7) is 2.62. The number of carbonyl (C=O) groups is 2. The third-order valence-electron chi connectivity index (χ3n) is 8.03. The topological polar surface area (TPSA) is 140 Å². The normalized spacial score (nSPS) is 20.9. The van der Waals surface area contributed by atoms with Gasteiger partial charge in [-0.05, 0) is 36.6 Å². The minimum absolute atomic E-state index is 0.0148. The second-order valence-electron chi connectivity index (χ2n) is 11.7. The molecule has 1 aliphatic rings. The Morgan fingerprint density at radius 2 is 1.46 bits per heavy atom. The second-order valence-corrected chi connectivity index (χ2v) is 14.5. The Kier molecular flexibility index (Phi) is 11.0. The van der Waals surface area contributed by atoms with Gasteiger partial charge >= 0.3 is 5.69 Å². The smallest absolute Gasteiger partial charge is 0.338 e. The number of hydrogen-bond acceptors (Lipinski definition) is 10. The van der Waals surface area contributed by atoms with E-state index in [9.17, 15) is 27.6 Å². The first-order valence-electron chi connectivity index (χ1n) is 15.2. The van der Waals surface area contributed by atoms with Crippen LogP contribution in [0.2, 0.25) is 0 Å². The number of carbonyl (C=O) groups excluding carboxylic acids is 2. The fourth-order valence-corrected chi connectivity index (χ4v) is 8.06. The van der Waals surface area contributed by atoms with Crippen molar-refractivity contribution in [2.24, 2.45) is 0 Å². The summed E-state index contributed by atoms with van der Waals surface area (Å²) in [5, 5.41) is -1.45. The van der Waals surface area contributed by atoms with Crippen LogP contribution in [0.15, 0.2) is 107 Å². The van der Waals surface area contributed by atoms with Crippen molar-refractivity contribution in [3.8, 4) is 0 Å². The lowest BCUT2D eigenvalue weighted by Crippen LogP contribution is -2.55. The molecule has 3 aromatic carbocycles. The maximum atomic E-state index is 14.1. The van der Waals surface area contributed by atoms with Crippen LogP contribution in [0.3, 0.4) is 0 Å². The zero-order valence-electron chi connectivity index (χ0n) is 26.7. The molecule has 11 nitrogen and oxygen atoms in total. The van der Waals surface area contributed by atoms with Crippen molar-refractivity contribution in [2.45, 2.75) is 56.5 Å². The average molecular weight is 693 g/mol. The summed E-state index contributed by atoms with van der Waals surface area (Å²) in [4.78, 5) is 53.8. The van der Waals surface area contributed by atoms with Crippen molar-refractivity contribution >= 4 is 32.9 Å². The van der Waals surface area contributed by atoms with Gasteiger partial charge in [-0.1, -0.05) is 90.6 Å². The zero-order valence-corrected chi connectivity index (χ0v) is 28.3. The van der Waals surface area contributed by atoms with Crippen LogP contribution >= 0.6 is 11.8 Å². The molecule has 13 heteroatoms. The van der Waals surface area contributed by atoms with Gasteiger partial charge in [-0.15, -0.1) is 0 Å². The summed E-state index contributed by atoms with van der Waals surface area (Å²) in [7, 11) is -4.22. The van der Waals surface area contributed by atoms with Gasteiger partial charge in [-0.3, -0.25) is 23.1 Å². The Morgan fingerprint density at radius 1 is 0.896 bits per heavy atom. The Bertz CT molecular complexity index is 1980. The highest BCUT2D eigenvalue weighted by Crippen LogP contribution is 2.50. The third-order valence-corrected chi connectivity index (χ3v) is 9.94. The number of aryl methyl sites for hydroxylation is 1. The number of benzene rings is 3. The van der Waals surface area contributed by atoms with E-state index in [1.165, 1.54) is 36.7 Å². The molecule has 0 radical (unpaired) electrons. The Morgan fingerprint density at radius 3 is 2.02 bits per heavy atom. The van der Waals surface area contributed by atoms with Crippen molar-refractivity contribution in [1.82, 2.24) is 9.13 Å². The van der Waals surface area contributed by atoms with Crippen LogP contribution in [0.1, 0.15) is 46.4 Å². The molecule has 252 valence electrons. The fraction of sp³-hybridized carbons (Fsp3) is 0.314. The van der Waals surface area contributed by atoms with Crippen molar-refractivity contribution in [3.63, 3.8) is 0 Å². The first kappa shape index (κ1) is 35.2. The van der Waals surface area contributed by atoms with Crippen LogP contribution < -0.4 is 11.2 Å². The summed E-state index contributed by atoms with van der Waals surface area (Å²) in [6.07, 6.45) is 1.19. The maximum Gasteiger partial charge on any atom is 0.338 e. The number of thioether (sulfide) groups is 1. The molecule has 4 aromatic rings. The van der Waals surface area contributed by atoms with Crippen molar-refractivity contribution in [1.29, 1.82) is 0 Å². The molecule has 0 amide bonds. The highest BCUT2D eigenvalue weighted by Gasteiger charge is 2.61. The lowest BCUT2D eigenvalue weighted by molar-refractivity contribution is -0.115. The van der Waals surface area contributed by atoms with Crippen LogP contribution in [0.5, 0.6) is 0 Å². The van der Waals surface area contributed by atoms with Crippen LogP contribution in [-0.2, 0) is 41.8 Å². The lowest BCUT2D eigenvalue weighted by Gasteiger charge is -2.38. The van der Waals surface area contributed by atoms with E-state index >= 15 is 0 Å². The van der Waals surface area contributed by atoms with Gasteiger partial charge in [0.15, 0.2) is 10.7 Å². The highest BCUT2D eigenvalue weighted by molar-refractivity contribution is 8.14. The molecule has 1 heterocycles. The average Bonchev–Trinajstić information content (AvgIpc) is 3.33. The third kappa shape index (κ3) is 7.93. The highest BCUT2D eigenvalue weighted by atomic mass is 32.2. The molecule has 4 atom stereocenters. The number of nitrogens with zero attached hydrogens (tertiary/aromatic N) is 2. The van der Waals surface area contributed by atoms with Gasteiger partial charge in [0.2, 0.25) is 0 Å². The molecular weight excluding hydrogens is 657 g/mol. The van der Waals surface area contributed by atoms with E-state index in [1.54, 1.807) is 18.2 Å². The summed E-state index contributed by atoms with van der Waals surface area (Å²) in [5.74, 6) is -0.821. The Balaban J connectivity index is 1.65. The predicted molar refractivity (Wildman–Crippen MR) is 181 cm³/mol. The monoisotopic (exact) mass is 692 g/mol. The van der Waals surface area contributed by atoms with E-state index in [0.717, 1.165) is 29.1 Å². The van der Waals surface area contributed by atoms with Crippen molar-refractivity contribution in [3.05, 3.63) is 140 Å². The molecule has 1 aliphatic carbocycles. The van der Waals surface area contributed by atoms with E-state index in [2.05, 4.69) is 0 Å². The van der Waals surface area contributed by atoms with Crippen LogP contribution in [0.25, 0.3) is 0 Å². The van der Waals surface area contributed by atoms with Crippen molar-refractivity contribution < 1.29 is 31.7 Å². The molecule has 0 aliphatic heterocycles. The molecule has 5 rings (SSSR count). The van der Waals surface area contributed by atoms with E-state index < -0.39 is 50.3 Å². The molecule has 1 saturated carbocycles. The summed E-state index contributed by atoms with van der Waals surface area (Å²) >= 11 is 0.793. The number of aromatic nitrogens is 2. The van der Waals surface area contributed by atoms with Gasteiger partial charge in [0.25, 0.3) is 21.6 Å². The molecule has 0 spiro atoms. The Hall–Kier alpha value is -4.14. The maximum absolute atomic E-state index is 14.1. The van der Waals surface area contributed by atoms with Crippen molar-refractivity contribution in [2.75, 3.05) is 12.9 Å². The SMILES string of the molecule is CC(=O)S[C@@H]1[C@@H](n2cc(C)c(=O)n(C(=O)c3ccccc3)c2=O)C[C@H](OCc2ccccc2)[C@@]1(COCc1ccccc1)OS(C)(=O)=O. The quantitative estimate of drug-likeness (QED) is 0.199. The van der Waals surface area contributed by atoms with Gasteiger partial charge in [0.1, 0.15) is 0 Å². The standard InChI is InChI=1S/C35H36N2O9S2/c1-24-20-36(34(41)37(32(24)39)33(40)28-17-11-6-12-18-28)29-19-30(45-22-27-15-9-5-10-16-27)35(46-48(3,42)43,31(29)47-25(2)38)23-44-21-26-13-7-4-8-14-26/h4-18,20,29-31H,19,21-23H2,1-3H3/t29-,30-,31+,35+/m0/s1. The van der Waals surface area contributed by atoms with E-state index in [0.29, 0.717) is 4.57 Å². The molecule has 0 bridgehead atoms.